The predicted molar refractivity (Wildman–Crippen MR) is 50.6 cm³/mol. The number of benzene rings is 1. The summed E-state index contributed by atoms with van der Waals surface area (Å²) in [4.78, 5) is 0. The van der Waals surface area contributed by atoms with Gasteiger partial charge in [0, 0.05) is 6.42 Å². The molecule has 1 rings (SSSR count). The molecule has 0 N–H and O–H groups in total. The van der Waals surface area contributed by atoms with Crippen LogP contribution in [0.5, 0.6) is 0 Å². The molecule has 0 aliphatic heterocycles. The van der Waals surface area contributed by atoms with E-state index in [-0.39, 0.29) is 9.41 Å². The molecule has 0 unspecified atom stereocenters. The van der Waals surface area contributed by atoms with Gasteiger partial charge in [0.2, 0.25) is 0 Å². The first-order chi connectivity index (χ1) is 4.91. The van der Waals surface area contributed by atoms with Gasteiger partial charge in [0.25, 0.3) is 0 Å². The highest BCUT2D eigenvalue weighted by molar-refractivity contribution is 4.99. The van der Waals surface area contributed by atoms with E-state index in [1.54, 1.807) is 0 Å². The van der Waals surface area contributed by atoms with Crippen molar-refractivity contribution in [2.24, 2.45) is 0 Å². The van der Waals surface area contributed by atoms with E-state index in [4.69, 9.17) is 6.42 Å². The molecule has 0 aromatic heterocycles. The zero-order valence-electron chi connectivity index (χ0n) is 7.07. The van der Waals surface area contributed by atoms with Gasteiger partial charge in [-0.25, -0.2) is 0 Å². The molecule has 0 saturated heterocycles. The SMILES string of the molecule is C#CCC.F.F.c1ccccc1. The Morgan fingerprint density at radius 2 is 1.08 bits per heavy atom. The molecule has 1 aromatic carbocycles. The Bertz CT molecular complexity index is 150. The van der Waals surface area contributed by atoms with Gasteiger partial charge >= 0.3 is 0 Å². The van der Waals surface area contributed by atoms with Crippen LogP contribution in [0.1, 0.15) is 13.3 Å². The third-order valence-corrected chi connectivity index (χ3v) is 0.871. The fourth-order valence-electron chi connectivity index (χ4n) is 0.385. The first-order valence-corrected chi connectivity index (χ1v) is 3.35. The van der Waals surface area contributed by atoms with Crippen molar-refractivity contribution < 1.29 is 9.41 Å². The molecule has 0 bridgehead atoms. The average Bonchev–Trinajstić information content (AvgIpc) is 2.08. The van der Waals surface area contributed by atoms with E-state index in [9.17, 15) is 0 Å². The summed E-state index contributed by atoms with van der Waals surface area (Å²) in [5.41, 5.74) is 0. The number of terminal acetylenes is 1. The molecule has 0 atom stereocenters. The number of hydrogen-bond donors (Lipinski definition) is 0. The lowest BCUT2D eigenvalue weighted by Gasteiger charge is -1.69. The van der Waals surface area contributed by atoms with Crippen LogP contribution < -0.4 is 0 Å². The van der Waals surface area contributed by atoms with Crippen molar-refractivity contribution in [1.29, 1.82) is 0 Å². The third kappa shape index (κ3) is 15.9. The van der Waals surface area contributed by atoms with Crippen LogP contribution in [0.3, 0.4) is 0 Å². The average molecular weight is 172 g/mol. The monoisotopic (exact) mass is 172 g/mol. The van der Waals surface area contributed by atoms with Crippen LogP contribution in [0.4, 0.5) is 9.41 Å². The molecule has 0 heterocycles. The lowest BCUT2D eigenvalue weighted by atomic mass is 10.4. The fourth-order valence-corrected chi connectivity index (χ4v) is 0.385. The summed E-state index contributed by atoms with van der Waals surface area (Å²) in [5, 5.41) is 0. The summed E-state index contributed by atoms with van der Waals surface area (Å²) >= 11 is 0. The van der Waals surface area contributed by atoms with Crippen LogP contribution >= 0.6 is 0 Å². The first-order valence-electron chi connectivity index (χ1n) is 3.35. The van der Waals surface area contributed by atoms with Gasteiger partial charge in [-0.3, -0.25) is 9.41 Å². The van der Waals surface area contributed by atoms with Gasteiger partial charge in [-0.05, 0) is 0 Å². The van der Waals surface area contributed by atoms with Gasteiger partial charge in [-0.15, -0.1) is 12.3 Å². The van der Waals surface area contributed by atoms with Gasteiger partial charge < -0.3 is 0 Å². The summed E-state index contributed by atoms with van der Waals surface area (Å²) < 4.78 is 0. The number of halogens is 2. The van der Waals surface area contributed by atoms with Gasteiger partial charge in [0.15, 0.2) is 0 Å². The second kappa shape index (κ2) is 16.3. The summed E-state index contributed by atoms with van der Waals surface area (Å²) in [6, 6.07) is 12.0. The van der Waals surface area contributed by atoms with Gasteiger partial charge in [0.05, 0.1) is 0 Å². The van der Waals surface area contributed by atoms with Crippen LogP contribution in [0.25, 0.3) is 0 Å². The summed E-state index contributed by atoms with van der Waals surface area (Å²) in [6.07, 6.45) is 5.62. The molecule has 12 heavy (non-hydrogen) atoms. The first kappa shape index (κ1) is 16.9. The topological polar surface area (TPSA) is 0 Å². The van der Waals surface area contributed by atoms with E-state index in [0.29, 0.717) is 0 Å². The van der Waals surface area contributed by atoms with E-state index >= 15 is 0 Å². The van der Waals surface area contributed by atoms with Crippen LogP contribution in [0.2, 0.25) is 0 Å². The van der Waals surface area contributed by atoms with Crippen molar-refractivity contribution in [3.63, 3.8) is 0 Å². The summed E-state index contributed by atoms with van der Waals surface area (Å²) in [7, 11) is 0. The molecular weight excluding hydrogens is 158 g/mol. The maximum absolute atomic E-state index is 4.78. The number of hydrogen-bond acceptors (Lipinski definition) is 0. The summed E-state index contributed by atoms with van der Waals surface area (Å²) in [6.45, 7) is 1.94. The van der Waals surface area contributed by atoms with Crippen molar-refractivity contribution >= 4 is 0 Å². The highest BCUT2D eigenvalue weighted by Gasteiger charge is 1.57. The minimum atomic E-state index is 0. The quantitative estimate of drug-likeness (QED) is 0.528. The van der Waals surface area contributed by atoms with Gasteiger partial charge in [-0.1, -0.05) is 43.3 Å². The van der Waals surface area contributed by atoms with Crippen molar-refractivity contribution in [3.05, 3.63) is 36.4 Å². The third-order valence-electron chi connectivity index (χ3n) is 0.871. The number of rotatable bonds is 0. The zero-order chi connectivity index (χ0) is 7.66. The molecule has 0 nitrogen and oxygen atoms in total. The predicted octanol–water partition coefficient (Wildman–Crippen LogP) is 3.02. The summed E-state index contributed by atoms with van der Waals surface area (Å²) in [5.74, 6) is 2.43. The highest BCUT2D eigenvalue weighted by atomic mass is 19.0. The smallest absolute Gasteiger partial charge is 0.00576 e. The fraction of sp³-hybridized carbons (Fsp3) is 0.200. The van der Waals surface area contributed by atoms with Crippen LogP contribution in [0.15, 0.2) is 36.4 Å². The van der Waals surface area contributed by atoms with Crippen molar-refractivity contribution in [2.75, 3.05) is 0 Å². The molecule has 0 saturated carbocycles. The molecule has 0 aliphatic carbocycles. The highest BCUT2D eigenvalue weighted by Crippen LogP contribution is 1.79. The maximum atomic E-state index is 4.78. The second-order valence-corrected chi connectivity index (χ2v) is 1.71. The Morgan fingerprint density at radius 3 is 1.17 bits per heavy atom. The standard InChI is InChI=1S/C6H6.C4H6.2FH/c1-2-4-6-5-3-1;1-3-4-2;;/h1-6H;1H,4H2,2H3;2*1H. The lowest BCUT2D eigenvalue weighted by molar-refractivity contribution is 1.11. The van der Waals surface area contributed by atoms with E-state index in [2.05, 4.69) is 5.92 Å². The molecule has 68 valence electrons. The van der Waals surface area contributed by atoms with Gasteiger partial charge in [0.1, 0.15) is 0 Å². The molecule has 0 aliphatic rings. The van der Waals surface area contributed by atoms with Crippen molar-refractivity contribution in [2.45, 2.75) is 13.3 Å². The van der Waals surface area contributed by atoms with E-state index in [1.165, 1.54) is 0 Å². The molecular formula is C10H14F2. The largest absolute Gasteiger partial charge is 0.269 e. The normalized spacial score (nSPS) is 5.67. The molecule has 0 spiro atoms. The second-order valence-electron chi connectivity index (χ2n) is 1.71. The minimum absolute atomic E-state index is 0. The van der Waals surface area contributed by atoms with Crippen molar-refractivity contribution in [1.82, 2.24) is 0 Å². The molecule has 0 amide bonds. The Labute approximate surface area is 72.4 Å². The van der Waals surface area contributed by atoms with Gasteiger partial charge in [-0.2, -0.15) is 0 Å². The van der Waals surface area contributed by atoms with E-state index in [0.717, 1.165) is 6.42 Å². The minimum Gasteiger partial charge on any atom is -0.269 e. The Kier molecular flexibility index (Phi) is 23.0. The van der Waals surface area contributed by atoms with E-state index < -0.39 is 0 Å². The molecule has 1 aromatic rings. The zero-order valence-corrected chi connectivity index (χ0v) is 7.07. The Balaban J connectivity index is -0.000000124. The molecule has 2 heteroatoms. The van der Waals surface area contributed by atoms with E-state index in [1.807, 2.05) is 43.3 Å². The van der Waals surface area contributed by atoms with Crippen molar-refractivity contribution in [3.8, 4) is 12.3 Å². The molecule has 0 fully saturated rings. The maximum Gasteiger partial charge on any atom is 0.00576 e. The Hall–Kier alpha value is -1.36. The van der Waals surface area contributed by atoms with Crippen LogP contribution in [-0.4, -0.2) is 0 Å². The van der Waals surface area contributed by atoms with Crippen LogP contribution in [0, 0.1) is 12.3 Å². The lowest BCUT2D eigenvalue weighted by Crippen LogP contribution is -1.47. The van der Waals surface area contributed by atoms with Crippen LogP contribution in [-0.2, 0) is 0 Å². The molecule has 0 radical (unpaired) electrons. The Morgan fingerprint density at radius 1 is 0.917 bits per heavy atom.